The molecule has 4 rings (SSSR count). The minimum absolute atomic E-state index is 0.00253. The minimum atomic E-state index is 0.00253. The highest BCUT2D eigenvalue weighted by molar-refractivity contribution is 9.10. The number of hydrogen-bond donors (Lipinski definition) is 1. The van der Waals surface area contributed by atoms with Gasteiger partial charge in [0.15, 0.2) is 0 Å². The zero-order valence-corrected chi connectivity index (χ0v) is 19.0. The minimum Gasteiger partial charge on any atom is -0.494 e. The van der Waals surface area contributed by atoms with Gasteiger partial charge in [-0.1, -0.05) is 33.2 Å². The molecule has 1 N–H and O–H groups in total. The van der Waals surface area contributed by atoms with E-state index in [2.05, 4.69) is 36.3 Å². The van der Waals surface area contributed by atoms with Crippen LogP contribution in [0.1, 0.15) is 25.7 Å². The molecule has 2 heterocycles. The molecule has 1 amide bonds. The van der Waals surface area contributed by atoms with E-state index in [1.54, 1.807) is 0 Å². The first-order valence-corrected chi connectivity index (χ1v) is 11.2. The molecule has 1 aliphatic heterocycles. The van der Waals surface area contributed by atoms with E-state index in [9.17, 15) is 4.79 Å². The van der Waals surface area contributed by atoms with Gasteiger partial charge in [-0.15, -0.1) is 0 Å². The molecule has 1 aromatic heterocycles. The van der Waals surface area contributed by atoms with Gasteiger partial charge in [-0.25, -0.2) is 0 Å². The number of benzene rings is 2. The van der Waals surface area contributed by atoms with Crippen molar-refractivity contribution in [3.05, 3.63) is 58.9 Å². The summed E-state index contributed by atoms with van der Waals surface area (Å²) in [6.45, 7) is 4.79. The Hall–Kier alpha value is -2.71. The van der Waals surface area contributed by atoms with E-state index >= 15 is 0 Å². The van der Waals surface area contributed by atoms with Gasteiger partial charge >= 0.3 is 0 Å². The summed E-state index contributed by atoms with van der Waals surface area (Å²) in [5.74, 6) is 2.05. The van der Waals surface area contributed by atoms with Crippen LogP contribution >= 0.6 is 15.9 Å². The smallest absolute Gasteiger partial charge is 0.241 e. The highest BCUT2D eigenvalue weighted by Crippen LogP contribution is 2.24. The van der Waals surface area contributed by atoms with Gasteiger partial charge in [-0.05, 0) is 69.3 Å². The summed E-state index contributed by atoms with van der Waals surface area (Å²) in [6, 6.07) is 15.3. The van der Waals surface area contributed by atoms with Crippen LogP contribution in [-0.4, -0.2) is 40.6 Å². The molecule has 1 aliphatic rings. The Kier molecular flexibility index (Phi) is 6.99. The second kappa shape index (κ2) is 10.1. The predicted molar refractivity (Wildman–Crippen MR) is 122 cm³/mol. The van der Waals surface area contributed by atoms with Crippen molar-refractivity contribution in [2.24, 2.45) is 5.92 Å². The predicted octanol–water partition coefficient (Wildman–Crippen LogP) is 4.75. The number of carbonyl (C=O) groups excluding carboxylic acids is 1. The van der Waals surface area contributed by atoms with E-state index in [0.29, 0.717) is 24.9 Å². The van der Waals surface area contributed by atoms with E-state index in [0.717, 1.165) is 47.4 Å². The second-order valence-corrected chi connectivity index (χ2v) is 8.43. The van der Waals surface area contributed by atoms with Crippen molar-refractivity contribution in [2.75, 3.05) is 25.0 Å². The average Bonchev–Trinajstić information content (AvgIpc) is 3.24. The van der Waals surface area contributed by atoms with Gasteiger partial charge in [0, 0.05) is 21.6 Å². The monoisotopic (exact) mass is 484 g/mol. The van der Waals surface area contributed by atoms with Gasteiger partial charge in [0.1, 0.15) is 5.75 Å². The van der Waals surface area contributed by atoms with E-state index in [1.165, 1.54) is 0 Å². The Morgan fingerprint density at radius 2 is 2.00 bits per heavy atom. The van der Waals surface area contributed by atoms with Crippen molar-refractivity contribution in [3.8, 4) is 17.1 Å². The third-order valence-corrected chi connectivity index (χ3v) is 5.79. The van der Waals surface area contributed by atoms with Crippen LogP contribution in [0.5, 0.6) is 5.75 Å². The van der Waals surface area contributed by atoms with Crippen LogP contribution < -0.4 is 10.1 Å². The topological polar surface area (TPSA) is 80.5 Å². The molecule has 1 fully saturated rings. The van der Waals surface area contributed by atoms with Gasteiger partial charge in [0.25, 0.3) is 0 Å². The summed E-state index contributed by atoms with van der Waals surface area (Å²) < 4.78 is 11.8. The third kappa shape index (κ3) is 5.71. The summed E-state index contributed by atoms with van der Waals surface area (Å²) in [7, 11) is 0. The number of ether oxygens (including phenoxy) is 1. The molecule has 31 heavy (non-hydrogen) atoms. The molecule has 7 nitrogen and oxygen atoms in total. The fourth-order valence-corrected chi connectivity index (χ4v) is 4.05. The number of rotatable bonds is 7. The Morgan fingerprint density at radius 1 is 1.23 bits per heavy atom. The van der Waals surface area contributed by atoms with Crippen LogP contribution in [0.25, 0.3) is 11.4 Å². The number of halogens is 1. The van der Waals surface area contributed by atoms with Crippen LogP contribution in [-0.2, 0) is 11.3 Å². The number of likely N-dealkylation sites (tertiary alicyclic amines) is 1. The van der Waals surface area contributed by atoms with E-state index in [-0.39, 0.29) is 11.8 Å². The normalized spacial score (nSPS) is 15.0. The first kappa shape index (κ1) is 21.5. The molecule has 0 spiro atoms. The quantitative estimate of drug-likeness (QED) is 0.521. The zero-order chi connectivity index (χ0) is 21.6. The number of nitrogens with one attached hydrogen (secondary N) is 1. The molecule has 0 saturated carbocycles. The van der Waals surface area contributed by atoms with Gasteiger partial charge in [-0.3, -0.25) is 9.69 Å². The molecule has 162 valence electrons. The molecule has 1 saturated heterocycles. The van der Waals surface area contributed by atoms with Crippen LogP contribution in [0.15, 0.2) is 57.5 Å². The van der Waals surface area contributed by atoms with Crippen molar-refractivity contribution >= 4 is 27.5 Å². The average molecular weight is 485 g/mol. The van der Waals surface area contributed by atoms with Gasteiger partial charge < -0.3 is 14.6 Å². The zero-order valence-electron chi connectivity index (χ0n) is 17.4. The lowest BCUT2D eigenvalue weighted by Crippen LogP contribution is -2.37. The van der Waals surface area contributed by atoms with Crippen molar-refractivity contribution in [1.82, 2.24) is 15.0 Å². The maximum atomic E-state index is 12.6. The number of carbonyl (C=O) groups is 1. The highest BCUT2D eigenvalue weighted by Gasteiger charge is 2.26. The Bertz CT molecular complexity index is 1010. The molecule has 0 radical (unpaired) electrons. The van der Waals surface area contributed by atoms with Crippen molar-refractivity contribution < 1.29 is 14.1 Å². The van der Waals surface area contributed by atoms with Crippen LogP contribution in [0.3, 0.4) is 0 Å². The number of amides is 1. The summed E-state index contributed by atoms with van der Waals surface area (Å²) >= 11 is 3.46. The van der Waals surface area contributed by atoms with Crippen LogP contribution in [0.2, 0.25) is 0 Å². The van der Waals surface area contributed by atoms with E-state index < -0.39 is 0 Å². The molecule has 0 bridgehead atoms. The summed E-state index contributed by atoms with van der Waals surface area (Å²) in [5.41, 5.74) is 1.70. The first-order valence-electron chi connectivity index (χ1n) is 10.5. The largest absolute Gasteiger partial charge is 0.494 e. The first-order chi connectivity index (χ1) is 15.1. The lowest BCUT2D eigenvalue weighted by molar-refractivity contribution is -0.121. The van der Waals surface area contributed by atoms with E-state index in [1.807, 2.05) is 55.5 Å². The highest BCUT2D eigenvalue weighted by atomic mass is 79.9. The Labute approximate surface area is 189 Å². The fourth-order valence-electron chi connectivity index (χ4n) is 3.65. The van der Waals surface area contributed by atoms with Crippen molar-refractivity contribution in [2.45, 2.75) is 26.3 Å². The van der Waals surface area contributed by atoms with E-state index in [4.69, 9.17) is 9.26 Å². The lowest BCUT2D eigenvalue weighted by atomic mass is 9.96. The Morgan fingerprint density at radius 3 is 2.71 bits per heavy atom. The number of anilines is 1. The molecule has 0 atom stereocenters. The fraction of sp³-hybridized carbons (Fsp3) is 0.348. The summed E-state index contributed by atoms with van der Waals surface area (Å²) in [6.07, 6.45) is 1.60. The number of nitrogens with zero attached hydrogens (tertiary/aromatic N) is 3. The molecule has 0 unspecified atom stereocenters. The molecular weight excluding hydrogens is 460 g/mol. The molecular formula is C23H25BrN4O3. The Balaban J connectivity index is 1.26. The molecule has 8 heteroatoms. The van der Waals surface area contributed by atoms with Crippen LogP contribution in [0, 0.1) is 5.92 Å². The van der Waals surface area contributed by atoms with Crippen molar-refractivity contribution in [3.63, 3.8) is 0 Å². The number of piperidine rings is 1. The number of hydrogen-bond acceptors (Lipinski definition) is 6. The molecule has 3 aromatic rings. The van der Waals surface area contributed by atoms with Gasteiger partial charge in [0.05, 0.1) is 13.2 Å². The third-order valence-electron chi connectivity index (χ3n) is 5.30. The maximum Gasteiger partial charge on any atom is 0.241 e. The lowest BCUT2D eigenvalue weighted by Gasteiger charge is -2.30. The standard InChI is InChI=1S/C23H25BrN4O3/c1-2-30-20-8-6-19(7-9-20)25-23(29)16-10-12-28(13-11-16)15-21-26-22(27-31-21)17-4-3-5-18(24)14-17/h3-9,14,16H,2,10-13,15H2,1H3,(H,25,29). The summed E-state index contributed by atoms with van der Waals surface area (Å²) in [5, 5.41) is 7.11. The van der Waals surface area contributed by atoms with Gasteiger partial charge in [-0.2, -0.15) is 4.98 Å². The molecule has 2 aromatic carbocycles. The SMILES string of the molecule is CCOc1ccc(NC(=O)C2CCN(Cc3nc(-c4cccc(Br)c4)no3)CC2)cc1. The van der Waals surface area contributed by atoms with Gasteiger partial charge in [0.2, 0.25) is 17.6 Å². The maximum absolute atomic E-state index is 12.6. The van der Waals surface area contributed by atoms with Crippen LogP contribution in [0.4, 0.5) is 5.69 Å². The molecule has 0 aliphatic carbocycles. The second-order valence-electron chi connectivity index (χ2n) is 7.52. The van der Waals surface area contributed by atoms with Crippen molar-refractivity contribution in [1.29, 1.82) is 0 Å². The number of aromatic nitrogens is 2. The summed E-state index contributed by atoms with van der Waals surface area (Å²) in [4.78, 5) is 19.4.